The van der Waals surface area contributed by atoms with Crippen LogP contribution in [0.2, 0.25) is 0 Å². The number of nitro benzene ring substituents is 1. The highest BCUT2D eigenvalue weighted by Gasteiger charge is 2.29. The fourth-order valence-electron chi connectivity index (χ4n) is 4.35. The van der Waals surface area contributed by atoms with Crippen molar-refractivity contribution < 1.29 is 28.8 Å². The highest BCUT2D eigenvalue weighted by atomic mass is 32.2. The summed E-state index contributed by atoms with van der Waals surface area (Å²) in [5.74, 6) is -0.740. The molecular weight excluding hydrogens is 564 g/mol. The zero-order valence-electron chi connectivity index (χ0n) is 21.7. The molecular formula is C25H28N4O7S3. The van der Waals surface area contributed by atoms with Gasteiger partial charge in [-0.15, -0.1) is 23.1 Å². The van der Waals surface area contributed by atoms with Gasteiger partial charge in [0.05, 0.1) is 45.9 Å². The molecule has 1 unspecified atom stereocenters. The number of ether oxygens (including phenoxy) is 2. The Morgan fingerprint density at radius 3 is 2.77 bits per heavy atom. The molecule has 4 rings (SSSR count). The number of rotatable bonds is 10. The maximum Gasteiger partial charge on any atom is 0.341 e. The molecule has 1 aromatic carbocycles. The van der Waals surface area contributed by atoms with E-state index in [0.29, 0.717) is 39.1 Å². The van der Waals surface area contributed by atoms with Gasteiger partial charge >= 0.3 is 5.97 Å². The summed E-state index contributed by atoms with van der Waals surface area (Å²) in [6.45, 7) is 2.96. The number of fused-ring (bicyclic) bond motifs is 2. The zero-order chi connectivity index (χ0) is 28.1. The maximum absolute atomic E-state index is 12.7. The van der Waals surface area contributed by atoms with Gasteiger partial charge in [-0.3, -0.25) is 19.7 Å². The largest absolute Gasteiger partial charge is 0.465 e. The molecule has 0 aliphatic heterocycles. The number of methoxy groups -OCH3 is 2. The summed E-state index contributed by atoms with van der Waals surface area (Å²) in [4.78, 5) is 54.2. The Hall–Kier alpha value is -3.07. The Labute approximate surface area is 236 Å². The quantitative estimate of drug-likeness (QED) is 0.211. The molecule has 2 heterocycles. The number of esters is 1. The van der Waals surface area contributed by atoms with Crippen LogP contribution in [0.3, 0.4) is 0 Å². The highest BCUT2D eigenvalue weighted by Crippen LogP contribution is 2.40. The molecule has 0 spiro atoms. The molecule has 208 valence electrons. The summed E-state index contributed by atoms with van der Waals surface area (Å²) in [6, 6.07) is 4.50. The van der Waals surface area contributed by atoms with Crippen molar-refractivity contribution in [3.8, 4) is 0 Å². The van der Waals surface area contributed by atoms with E-state index >= 15 is 0 Å². The van der Waals surface area contributed by atoms with Gasteiger partial charge in [-0.1, -0.05) is 18.3 Å². The first-order valence-corrected chi connectivity index (χ1v) is 14.9. The number of carbonyl (C=O) groups excluding carboxylic acids is 3. The van der Waals surface area contributed by atoms with Crippen LogP contribution >= 0.6 is 34.4 Å². The van der Waals surface area contributed by atoms with Crippen LogP contribution in [0.4, 0.5) is 10.7 Å². The molecule has 1 aliphatic carbocycles. The van der Waals surface area contributed by atoms with Crippen LogP contribution in [-0.2, 0) is 38.4 Å². The second-order valence-corrected chi connectivity index (χ2v) is 12.1. The number of anilines is 1. The van der Waals surface area contributed by atoms with E-state index in [1.54, 1.807) is 17.7 Å². The Kier molecular flexibility index (Phi) is 9.53. The number of carbonyl (C=O) groups is 3. The highest BCUT2D eigenvalue weighted by molar-refractivity contribution is 8.00. The summed E-state index contributed by atoms with van der Waals surface area (Å²) < 4.78 is 12.5. The van der Waals surface area contributed by atoms with E-state index in [-0.39, 0.29) is 23.1 Å². The van der Waals surface area contributed by atoms with E-state index in [1.165, 1.54) is 41.9 Å². The summed E-state index contributed by atoms with van der Waals surface area (Å²) in [6.07, 6.45) is 2.61. The first-order valence-electron chi connectivity index (χ1n) is 12.2. The molecule has 0 saturated carbocycles. The van der Waals surface area contributed by atoms with E-state index in [4.69, 9.17) is 9.47 Å². The van der Waals surface area contributed by atoms with Crippen molar-refractivity contribution in [1.82, 2.24) is 4.57 Å². The third-order valence-corrected chi connectivity index (χ3v) is 9.36. The number of thiophene rings is 1. The first-order chi connectivity index (χ1) is 18.7. The number of aromatic nitrogens is 1. The molecule has 39 heavy (non-hydrogen) atoms. The van der Waals surface area contributed by atoms with E-state index in [2.05, 4.69) is 17.2 Å². The van der Waals surface area contributed by atoms with E-state index < -0.39 is 16.8 Å². The van der Waals surface area contributed by atoms with Crippen molar-refractivity contribution in [2.24, 2.45) is 10.9 Å². The number of hydrogen-bond donors (Lipinski definition) is 1. The molecule has 0 radical (unpaired) electrons. The maximum atomic E-state index is 12.7. The Morgan fingerprint density at radius 1 is 1.26 bits per heavy atom. The number of thiazole rings is 1. The predicted molar refractivity (Wildman–Crippen MR) is 152 cm³/mol. The van der Waals surface area contributed by atoms with Crippen LogP contribution < -0.4 is 10.1 Å². The number of benzene rings is 1. The standard InChI is InChI=1S/C25H28N4O7S3/c1-14-4-6-16-18(10-14)38-23(22(16)24(32)36-3)26-20(30)12-37-13-21(31)27-25-28(8-9-35-2)17-7-5-15(29(33)34)11-19(17)39-25/h5,7,11,14H,4,6,8-10,12-13H2,1-3H3,(H,26,30). The number of hydrogen-bond acceptors (Lipinski definition) is 10. The van der Waals surface area contributed by atoms with Crippen molar-refractivity contribution in [1.29, 1.82) is 0 Å². The molecule has 3 aromatic rings. The van der Waals surface area contributed by atoms with Gasteiger partial charge in [0.25, 0.3) is 11.6 Å². The topological polar surface area (TPSA) is 142 Å². The normalized spacial score (nSPS) is 15.3. The van der Waals surface area contributed by atoms with Gasteiger partial charge in [-0.05, 0) is 36.8 Å². The van der Waals surface area contributed by atoms with E-state index in [1.807, 2.05) is 0 Å². The lowest BCUT2D eigenvalue weighted by atomic mass is 9.88. The Bertz CT molecular complexity index is 1490. The fraction of sp³-hybridized carbons (Fsp3) is 0.440. The Morgan fingerprint density at radius 2 is 2.05 bits per heavy atom. The minimum absolute atomic E-state index is 0.00310. The lowest BCUT2D eigenvalue weighted by molar-refractivity contribution is -0.384. The van der Waals surface area contributed by atoms with Crippen LogP contribution in [0, 0.1) is 16.0 Å². The lowest BCUT2D eigenvalue weighted by Crippen LogP contribution is -2.20. The second kappa shape index (κ2) is 12.9. The van der Waals surface area contributed by atoms with E-state index in [9.17, 15) is 24.5 Å². The molecule has 14 heteroatoms. The summed E-state index contributed by atoms with van der Waals surface area (Å²) in [5, 5.41) is 14.5. The number of nitrogens with zero attached hydrogens (tertiary/aromatic N) is 3. The van der Waals surface area contributed by atoms with Gasteiger partial charge < -0.3 is 19.4 Å². The van der Waals surface area contributed by atoms with Gasteiger partial charge in [0.1, 0.15) is 5.00 Å². The molecule has 0 bridgehead atoms. The number of non-ortho nitro benzene ring substituents is 1. The van der Waals surface area contributed by atoms with Gasteiger partial charge in [-0.25, -0.2) is 4.79 Å². The molecule has 1 N–H and O–H groups in total. The van der Waals surface area contributed by atoms with Crippen molar-refractivity contribution in [2.75, 3.05) is 37.6 Å². The summed E-state index contributed by atoms with van der Waals surface area (Å²) in [7, 11) is 2.88. The fourth-order valence-corrected chi connectivity index (χ4v) is 7.47. The van der Waals surface area contributed by atoms with E-state index in [0.717, 1.165) is 47.0 Å². The van der Waals surface area contributed by atoms with Crippen molar-refractivity contribution in [3.05, 3.63) is 49.1 Å². The summed E-state index contributed by atoms with van der Waals surface area (Å²) >= 11 is 3.71. The number of nitrogens with one attached hydrogen (secondary N) is 1. The second-order valence-electron chi connectivity index (χ2n) is 9.03. The predicted octanol–water partition coefficient (Wildman–Crippen LogP) is 4.03. The average molecular weight is 593 g/mol. The lowest BCUT2D eigenvalue weighted by Gasteiger charge is -2.18. The first kappa shape index (κ1) is 28.9. The van der Waals surface area contributed by atoms with Crippen LogP contribution in [0.5, 0.6) is 0 Å². The van der Waals surface area contributed by atoms with Gasteiger partial charge in [0.2, 0.25) is 5.91 Å². The van der Waals surface area contributed by atoms with Crippen LogP contribution in [0.25, 0.3) is 10.2 Å². The molecule has 11 nitrogen and oxygen atoms in total. The third-order valence-electron chi connectivity index (χ3n) is 6.23. The average Bonchev–Trinajstić information content (AvgIpc) is 3.42. The zero-order valence-corrected chi connectivity index (χ0v) is 24.1. The smallest absolute Gasteiger partial charge is 0.341 e. The molecule has 1 atom stereocenters. The minimum atomic E-state index is -0.470. The van der Waals surface area contributed by atoms with Crippen molar-refractivity contribution in [3.63, 3.8) is 0 Å². The van der Waals surface area contributed by atoms with Gasteiger partial charge in [-0.2, -0.15) is 4.99 Å². The molecule has 1 aliphatic rings. The van der Waals surface area contributed by atoms with Crippen molar-refractivity contribution >= 4 is 73.1 Å². The number of amides is 2. The molecule has 2 amide bonds. The SMILES string of the molecule is COCCn1c(=NC(=O)CSCC(=O)Nc2sc3c(c2C(=O)OC)CCC(C)C3)sc2cc([N+](=O)[O-])ccc21. The monoisotopic (exact) mass is 592 g/mol. The third kappa shape index (κ3) is 6.75. The van der Waals surface area contributed by atoms with Gasteiger partial charge in [0.15, 0.2) is 4.80 Å². The number of thioether (sulfide) groups is 1. The molecule has 2 aromatic heterocycles. The van der Waals surface area contributed by atoms with Crippen LogP contribution in [-0.4, -0.2) is 59.6 Å². The molecule has 0 saturated heterocycles. The van der Waals surface area contributed by atoms with Crippen molar-refractivity contribution in [2.45, 2.75) is 32.7 Å². The van der Waals surface area contributed by atoms with Crippen LogP contribution in [0.1, 0.15) is 34.1 Å². The van der Waals surface area contributed by atoms with Gasteiger partial charge in [0, 0.05) is 30.7 Å². The summed E-state index contributed by atoms with van der Waals surface area (Å²) in [5.41, 5.74) is 2.06. The molecule has 0 fully saturated rings. The number of nitro groups is 1. The minimum Gasteiger partial charge on any atom is -0.465 e. The Balaban J connectivity index is 1.43. The van der Waals surface area contributed by atoms with Crippen LogP contribution in [0.15, 0.2) is 23.2 Å².